The Bertz CT molecular complexity index is 341. The highest BCUT2D eigenvalue weighted by Gasteiger charge is 2.45. The minimum absolute atomic E-state index is 0.244. The van der Waals surface area contributed by atoms with E-state index in [1.165, 1.54) is 0 Å². The summed E-state index contributed by atoms with van der Waals surface area (Å²) < 4.78 is 10.9. The molecule has 0 aliphatic heterocycles. The molecule has 1 aliphatic carbocycles. The summed E-state index contributed by atoms with van der Waals surface area (Å²) in [7, 11) is -0.991. The zero-order chi connectivity index (χ0) is 13.1. The molecule has 0 bridgehead atoms. The first-order valence-electron chi connectivity index (χ1n) is 5.48. The van der Waals surface area contributed by atoms with Gasteiger partial charge in [-0.1, -0.05) is 0 Å². The summed E-state index contributed by atoms with van der Waals surface area (Å²) in [5, 5.41) is 14.1. The van der Waals surface area contributed by atoms with Crippen molar-refractivity contribution in [2.75, 3.05) is 12.0 Å². The number of carboxylic acids is 1. The van der Waals surface area contributed by atoms with Gasteiger partial charge in [0.1, 0.15) is 5.54 Å². The molecule has 0 radical (unpaired) electrons. The van der Waals surface area contributed by atoms with Crippen LogP contribution in [0.2, 0.25) is 0 Å². The van der Waals surface area contributed by atoms with Crippen molar-refractivity contribution >= 4 is 22.8 Å². The highest BCUT2D eigenvalue weighted by molar-refractivity contribution is 7.84. The number of amides is 2. The lowest BCUT2D eigenvalue weighted by molar-refractivity contribution is -0.148. The van der Waals surface area contributed by atoms with E-state index in [2.05, 4.69) is 10.6 Å². The van der Waals surface area contributed by atoms with Crippen LogP contribution < -0.4 is 10.6 Å². The van der Waals surface area contributed by atoms with Crippen molar-refractivity contribution in [3.8, 4) is 0 Å². The van der Waals surface area contributed by atoms with Gasteiger partial charge in [0.2, 0.25) is 0 Å². The maximum absolute atomic E-state index is 11.6. The fourth-order valence-electron chi connectivity index (χ4n) is 1.79. The first-order chi connectivity index (χ1) is 7.85. The number of carbonyl (C=O) groups excluding carboxylic acids is 1. The summed E-state index contributed by atoms with van der Waals surface area (Å²) in [6.07, 6.45) is 3.29. The lowest BCUT2D eigenvalue weighted by atomic mass is 9.77. The molecule has 0 aromatic carbocycles. The number of carbonyl (C=O) groups is 2. The van der Waals surface area contributed by atoms with Gasteiger partial charge in [-0.15, -0.1) is 0 Å². The fraction of sp³-hybridized carbons (Fsp3) is 0.800. The third kappa shape index (κ3) is 3.69. The molecule has 1 saturated carbocycles. The van der Waals surface area contributed by atoms with Crippen molar-refractivity contribution in [2.24, 2.45) is 0 Å². The monoisotopic (exact) mass is 262 g/mol. The summed E-state index contributed by atoms with van der Waals surface area (Å²) in [4.78, 5) is 22.6. The molecular weight excluding hydrogens is 244 g/mol. The standard InChI is InChI=1S/C10H18N2O4S/c1-7(6-17(2)16)11-9(15)12-10(8(13)14)4-3-5-10/h7H,3-6H2,1-2H3,(H,13,14)(H2,11,12,15). The number of hydrogen-bond donors (Lipinski definition) is 3. The van der Waals surface area contributed by atoms with Crippen LogP contribution in [0.25, 0.3) is 0 Å². The van der Waals surface area contributed by atoms with Crippen molar-refractivity contribution < 1.29 is 18.9 Å². The highest BCUT2D eigenvalue weighted by atomic mass is 32.2. The normalized spacial score (nSPS) is 20.8. The Morgan fingerprint density at radius 1 is 1.47 bits per heavy atom. The Balaban J connectivity index is 2.43. The molecule has 6 nitrogen and oxygen atoms in total. The number of hydrogen-bond acceptors (Lipinski definition) is 3. The molecule has 2 amide bonds. The van der Waals surface area contributed by atoms with Crippen molar-refractivity contribution in [2.45, 2.75) is 37.8 Å². The van der Waals surface area contributed by atoms with Gasteiger partial charge < -0.3 is 15.7 Å². The van der Waals surface area contributed by atoms with Crippen molar-refractivity contribution in [3.63, 3.8) is 0 Å². The van der Waals surface area contributed by atoms with Gasteiger partial charge >= 0.3 is 12.0 Å². The lowest BCUT2D eigenvalue weighted by Gasteiger charge is -2.38. The van der Waals surface area contributed by atoms with Gasteiger partial charge in [0.15, 0.2) is 0 Å². The first-order valence-corrected chi connectivity index (χ1v) is 7.20. The lowest BCUT2D eigenvalue weighted by Crippen LogP contribution is -2.62. The van der Waals surface area contributed by atoms with Gasteiger partial charge in [0.05, 0.1) is 0 Å². The van der Waals surface area contributed by atoms with E-state index in [0.29, 0.717) is 18.6 Å². The third-order valence-electron chi connectivity index (χ3n) is 2.83. The first kappa shape index (κ1) is 14.0. The average molecular weight is 262 g/mol. The summed E-state index contributed by atoms with van der Waals surface area (Å²) in [6, 6.07) is -0.753. The molecule has 1 rings (SSSR count). The molecule has 2 atom stereocenters. The molecule has 3 N–H and O–H groups in total. The van der Waals surface area contributed by atoms with Gasteiger partial charge in [-0.3, -0.25) is 4.21 Å². The summed E-state index contributed by atoms with van der Waals surface area (Å²) >= 11 is 0. The fourth-order valence-corrected chi connectivity index (χ4v) is 2.58. The van der Waals surface area contributed by atoms with Crippen LogP contribution in [-0.4, -0.2) is 44.9 Å². The molecule has 1 aliphatic rings. The van der Waals surface area contributed by atoms with Gasteiger partial charge in [0.25, 0.3) is 0 Å². The van der Waals surface area contributed by atoms with E-state index in [1.54, 1.807) is 13.2 Å². The Hall–Kier alpha value is -1.11. The van der Waals surface area contributed by atoms with Crippen LogP contribution in [0.1, 0.15) is 26.2 Å². The Kier molecular flexibility index (Phi) is 4.50. The number of urea groups is 1. The molecule has 7 heteroatoms. The molecule has 0 aromatic heterocycles. The SMILES string of the molecule is CC(CS(C)=O)NC(=O)NC1(C(=O)O)CCC1. The van der Waals surface area contributed by atoms with Gasteiger partial charge in [-0.05, 0) is 26.2 Å². The van der Waals surface area contributed by atoms with E-state index < -0.39 is 28.3 Å². The van der Waals surface area contributed by atoms with Gasteiger partial charge in [-0.25, -0.2) is 9.59 Å². The van der Waals surface area contributed by atoms with Crippen LogP contribution in [0.3, 0.4) is 0 Å². The van der Waals surface area contributed by atoms with E-state index in [4.69, 9.17) is 5.11 Å². The smallest absolute Gasteiger partial charge is 0.329 e. The molecule has 1 fully saturated rings. The van der Waals surface area contributed by atoms with E-state index >= 15 is 0 Å². The van der Waals surface area contributed by atoms with Crippen LogP contribution in [-0.2, 0) is 15.6 Å². The largest absolute Gasteiger partial charge is 0.480 e. The minimum Gasteiger partial charge on any atom is -0.480 e. The summed E-state index contributed by atoms with van der Waals surface area (Å²) in [5.41, 5.74) is -1.10. The molecule has 0 saturated heterocycles. The van der Waals surface area contributed by atoms with Crippen LogP contribution >= 0.6 is 0 Å². The molecular formula is C10H18N2O4S. The summed E-state index contributed by atoms with van der Waals surface area (Å²) in [5.74, 6) is -0.640. The number of rotatable bonds is 5. The molecule has 0 aromatic rings. The second-order valence-electron chi connectivity index (χ2n) is 4.48. The van der Waals surface area contributed by atoms with Gasteiger partial charge in [-0.2, -0.15) is 0 Å². The minimum atomic E-state index is -1.10. The number of aliphatic carboxylic acids is 1. The predicted octanol–water partition coefficient (Wildman–Crippen LogP) is 0.0599. The second kappa shape index (κ2) is 5.48. The number of carboxylic acid groups (broad SMARTS) is 1. The van der Waals surface area contributed by atoms with Crippen LogP contribution in [0.5, 0.6) is 0 Å². The van der Waals surface area contributed by atoms with E-state index in [0.717, 1.165) is 6.42 Å². The van der Waals surface area contributed by atoms with Crippen LogP contribution in [0, 0.1) is 0 Å². The Morgan fingerprint density at radius 2 is 2.06 bits per heavy atom. The predicted molar refractivity (Wildman–Crippen MR) is 64.3 cm³/mol. The van der Waals surface area contributed by atoms with Gasteiger partial charge in [0, 0.05) is 28.9 Å². The average Bonchev–Trinajstić information content (AvgIpc) is 2.08. The van der Waals surface area contributed by atoms with E-state index in [9.17, 15) is 13.8 Å². The van der Waals surface area contributed by atoms with E-state index in [-0.39, 0.29) is 6.04 Å². The summed E-state index contributed by atoms with van der Waals surface area (Å²) in [6.45, 7) is 1.73. The van der Waals surface area contributed by atoms with Crippen molar-refractivity contribution in [1.29, 1.82) is 0 Å². The maximum Gasteiger partial charge on any atom is 0.329 e. The molecule has 0 heterocycles. The van der Waals surface area contributed by atoms with Crippen LogP contribution in [0.4, 0.5) is 4.79 Å². The van der Waals surface area contributed by atoms with Crippen molar-refractivity contribution in [3.05, 3.63) is 0 Å². The van der Waals surface area contributed by atoms with Crippen LogP contribution in [0.15, 0.2) is 0 Å². The third-order valence-corrected chi connectivity index (χ3v) is 3.80. The van der Waals surface area contributed by atoms with E-state index in [1.807, 2.05) is 0 Å². The Morgan fingerprint density at radius 3 is 2.41 bits per heavy atom. The van der Waals surface area contributed by atoms with Crippen molar-refractivity contribution in [1.82, 2.24) is 10.6 Å². The Labute approximate surface area is 103 Å². The zero-order valence-corrected chi connectivity index (χ0v) is 10.8. The topological polar surface area (TPSA) is 95.5 Å². The maximum atomic E-state index is 11.6. The quantitative estimate of drug-likeness (QED) is 0.653. The highest BCUT2D eigenvalue weighted by Crippen LogP contribution is 2.31. The molecule has 98 valence electrons. The zero-order valence-electron chi connectivity index (χ0n) is 9.99. The molecule has 2 unspecified atom stereocenters. The molecule has 0 spiro atoms. The number of nitrogens with one attached hydrogen (secondary N) is 2. The molecule has 17 heavy (non-hydrogen) atoms. The second-order valence-corrected chi connectivity index (χ2v) is 5.96.